The van der Waals surface area contributed by atoms with Gasteiger partial charge in [0.15, 0.2) is 17.4 Å². The van der Waals surface area contributed by atoms with Crippen LogP contribution in [0.4, 0.5) is 13.2 Å². The molecular formula is C18H12ClF3N2O2. The Morgan fingerprint density at radius 1 is 1.19 bits per heavy atom. The molecule has 1 N–H and O–H groups in total. The minimum atomic E-state index is -1.37. The van der Waals surface area contributed by atoms with Gasteiger partial charge < -0.3 is 5.11 Å². The summed E-state index contributed by atoms with van der Waals surface area (Å²) in [5.74, 6) is -5.16. The predicted octanol–water partition coefficient (Wildman–Crippen LogP) is 4.40. The van der Waals surface area contributed by atoms with E-state index in [1.165, 1.54) is 23.9 Å². The Balaban J connectivity index is 2.24. The first kappa shape index (κ1) is 18.0. The van der Waals surface area contributed by atoms with Crippen LogP contribution < -0.4 is 0 Å². The first-order chi connectivity index (χ1) is 12.2. The zero-order valence-electron chi connectivity index (χ0n) is 13.6. The number of aryl methyl sites for hydroxylation is 2. The van der Waals surface area contributed by atoms with E-state index in [-0.39, 0.29) is 10.7 Å². The lowest BCUT2D eigenvalue weighted by Gasteiger charge is -2.10. The molecule has 3 rings (SSSR count). The van der Waals surface area contributed by atoms with Crippen molar-refractivity contribution in [1.82, 2.24) is 9.78 Å². The van der Waals surface area contributed by atoms with Crippen molar-refractivity contribution in [3.05, 3.63) is 69.8 Å². The van der Waals surface area contributed by atoms with Gasteiger partial charge in [0.2, 0.25) is 5.78 Å². The quantitative estimate of drug-likeness (QED) is 0.685. The zero-order chi connectivity index (χ0) is 19.2. The highest BCUT2D eigenvalue weighted by Crippen LogP contribution is 2.35. The third-order valence-corrected chi connectivity index (χ3v) is 4.26. The summed E-state index contributed by atoms with van der Waals surface area (Å²) in [6.07, 6.45) is 0. The monoisotopic (exact) mass is 380 g/mol. The molecule has 3 aromatic rings. The number of aromatic hydroxyl groups is 1. The molecule has 1 aromatic heterocycles. The number of phenols is 1. The normalized spacial score (nSPS) is 11.0. The van der Waals surface area contributed by atoms with Gasteiger partial charge in [-0.05, 0) is 37.3 Å². The van der Waals surface area contributed by atoms with Gasteiger partial charge in [0.1, 0.15) is 11.5 Å². The Kier molecular flexibility index (Phi) is 4.50. The highest BCUT2D eigenvalue weighted by Gasteiger charge is 2.27. The number of aromatic nitrogens is 2. The van der Waals surface area contributed by atoms with Crippen molar-refractivity contribution in [2.75, 3.05) is 0 Å². The number of hydrogen-bond acceptors (Lipinski definition) is 3. The van der Waals surface area contributed by atoms with Crippen LogP contribution in [-0.2, 0) is 7.05 Å². The summed E-state index contributed by atoms with van der Waals surface area (Å²) >= 11 is 6.09. The number of ketones is 1. The van der Waals surface area contributed by atoms with Crippen LogP contribution in [0, 0.1) is 24.4 Å². The number of halogens is 4. The summed E-state index contributed by atoms with van der Waals surface area (Å²) in [6.45, 7) is 1.62. The highest BCUT2D eigenvalue weighted by atomic mass is 35.5. The Morgan fingerprint density at radius 2 is 1.88 bits per heavy atom. The van der Waals surface area contributed by atoms with E-state index in [1.807, 2.05) is 0 Å². The number of carbonyl (C=O) groups is 1. The smallest absolute Gasteiger partial charge is 0.214 e. The molecule has 26 heavy (non-hydrogen) atoms. The maximum atomic E-state index is 14.2. The molecule has 0 aliphatic heterocycles. The van der Waals surface area contributed by atoms with E-state index in [2.05, 4.69) is 5.10 Å². The summed E-state index contributed by atoms with van der Waals surface area (Å²) in [4.78, 5) is 12.9. The van der Waals surface area contributed by atoms with E-state index in [4.69, 9.17) is 11.6 Å². The Bertz CT molecular complexity index is 1050. The molecule has 1 heterocycles. The number of carbonyl (C=O) groups excluding carboxylic acids is 1. The van der Waals surface area contributed by atoms with Crippen molar-refractivity contribution in [3.63, 3.8) is 0 Å². The number of hydrogen-bond donors (Lipinski definition) is 1. The molecule has 0 radical (unpaired) electrons. The van der Waals surface area contributed by atoms with E-state index < -0.39 is 34.5 Å². The van der Waals surface area contributed by atoms with Crippen molar-refractivity contribution >= 4 is 17.4 Å². The Labute approximate surface area is 151 Å². The number of rotatable bonds is 3. The SMILES string of the molecule is Cc1nn(C)c(C(=O)c2ccc(F)c(O)c2F)c1-c1ccc(F)cc1Cl. The van der Waals surface area contributed by atoms with Gasteiger partial charge in [0.05, 0.1) is 16.3 Å². The van der Waals surface area contributed by atoms with Crippen LogP contribution in [0.5, 0.6) is 5.75 Å². The molecule has 0 aliphatic carbocycles. The second-order valence-corrected chi connectivity index (χ2v) is 6.05. The average molecular weight is 381 g/mol. The molecule has 8 heteroatoms. The van der Waals surface area contributed by atoms with Crippen LogP contribution in [0.3, 0.4) is 0 Å². The van der Waals surface area contributed by atoms with Gasteiger partial charge in [-0.1, -0.05) is 11.6 Å². The van der Waals surface area contributed by atoms with Gasteiger partial charge in [-0.25, -0.2) is 13.2 Å². The molecule has 0 fully saturated rings. The number of phenolic OH excluding ortho intramolecular Hbond substituents is 1. The number of benzene rings is 2. The standard InChI is InChI=1S/C18H12ClF3N2O2/c1-8-14(10-4-3-9(20)7-12(10)19)16(24(2)23-8)17(25)11-5-6-13(21)18(26)15(11)22/h3-7,26H,1-2H3. The molecule has 0 aliphatic rings. The summed E-state index contributed by atoms with van der Waals surface area (Å²) in [5, 5.41) is 13.6. The van der Waals surface area contributed by atoms with Gasteiger partial charge >= 0.3 is 0 Å². The average Bonchev–Trinajstić information content (AvgIpc) is 2.86. The third-order valence-electron chi connectivity index (χ3n) is 3.95. The topological polar surface area (TPSA) is 55.1 Å². The van der Waals surface area contributed by atoms with Gasteiger partial charge in [0.25, 0.3) is 0 Å². The van der Waals surface area contributed by atoms with Crippen molar-refractivity contribution < 1.29 is 23.1 Å². The zero-order valence-corrected chi connectivity index (χ0v) is 14.4. The van der Waals surface area contributed by atoms with E-state index in [0.717, 1.165) is 18.2 Å². The third kappa shape index (κ3) is 2.84. The fraction of sp³-hybridized carbons (Fsp3) is 0.111. The van der Waals surface area contributed by atoms with Crippen molar-refractivity contribution in [1.29, 1.82) is 0 Å². The molecule has 0 bridgehead atoms. The molecule has 0 spiro atoms. The van der Waals surface area contributed by atoms with Crippen LogP contribution in [0.2, 0.25) is 5.02 Å². The Morgan fingerprint density at radius 3 is 2.54 bits per heavy atom. The van der Waals surface area contributed by atoms with Crippen LogP contribution in [0.15, 0.2) is 30.3 Å². The van der Waals surface area contributed by atoms with Gasteiger partial charge in [-0.15, -0.1) is 0 Å². The molecule has 0 saturated carbocycles. The minimum absolute atomic E-state index is 0.0269. The summed E-state index contributed by atoms with van der Waals surface area (Å²) in [6, 6.07) is 5.37. The molecule has 134 valence electrons. The van der Waals surface area contributed by atoms with Crippen LogP contribution >= 0.6 is 11.6 Å². The van der Waals surface area contributed by atoms with Crippen molar-refractivity contribution in [2.24, 2.45) is 7.05 Å². The summed E-state index contributed by atoms with van der Waals surface area (Å²) in [5.41, 5.74) is 0.503. The van der Waals surface area contributed by atoms with Gasteiger partial charge in [-0.2, -0.15) is 5.10 Å². The van der Waals surface area contributed by atoms with E-state index >= 15 is 0 Å². The second-order valence-electron chi connectivity index (χ2n) is 5.64. The largest absolute Gasteiger partial charge is 0.503 e. The van der Waals surface area contributed by atoms with Gasteiger partial charge in [-0.3, -0.25) is 9.48 Å². The molecule has 0 atom stereocenters. The Hall–Kier alpha value is -2.80. The lowest BCUT2D eigenvalue weighted by atomic mass is 9.97. The molecule has 4 nitrogen and oxygen atoms in total. The minimum Gasteiger partial charge on any atom is -0.503 e. The molecule has 0 saturated heterocycles. The number of nitrogens with zero attached hydrogens (tertiary/aromatic N) is 2. The molecular weight excluding hydrogens is 369 g/mol. The van der Waals surface area contributed by atoms with Crippen LogP contribution in [0.25, 0.3) is 11.1 Å². The van der Waals surface area contributed by atoms with Gasteiger partial charge in [0, 0.05) is 18.2 Å². The fourth-order valence-corrected chi connectivity index (χ4v) is 3.04. The van der Waals surface area contributed by atoms with E-state index in [0.29, 0.717) is 16.8 Å². The molecule has 0 amide bonds. The van der Waals surface area contributed by atoms with E-state index in [9.17, 15) is 23.1 Å². The van der Waals surface area contributed by atoms with Crippen LogP contribution in [-0.4, -0.2) is 20.7 Å². The van der Waals surface area contributed by atoms with Crippen molar-refractivity contribution in [2.45, 2.75) is 6.92 Å². The lowest BCUT2D eigenvalue weighted by molar-refractivity contribution is 0.102. The predicted molar refractivity (Wildman–Crippen MR) is 89.8 cm³/mol. The molecule has 0 unspecified atom stereocenters. The fourth-order valence-electron chi connectivity index (χ4n) is 2.78. The first-order valence-corrected chi connectivity index (χ1v) is 7.80. The summed E-state index contributed by atoms with van der Waals surface area (Å²) < 4.78 is 42.0. The first-order valence-electron chi connectivity index (χ1n) is 7.43. The summed E-state index contributed by atoms with van der Waals surface area (Å²) in [7, 11) is 1.47. The van der Waals surface area contributed by atoms with E-state index in [1.54, 1.807) is 6.92 Å². The second kappa shape index (κ2) is 6.49. The lowest BCUT2D eigenvalue weighted by Crippen LogP contribution is -2.12. The van der Waals surface area contributed by atoms with Crippen LogP contribution in [0.1, 0.15) is 21.7 Å². The molecule has 2 aromatic carbocycles. The van der Waals surface area contributed by atoms with Crippen molar-refractivity contribution in [3.8, 4) is 16.9 Å². The highest BCUT2D eigenvalue weighted by molar-refractivity contribution is 6.33. The maximum absolute atomic E-state index is 14.2. The maximum Gasteiger partial charge on any atom is 0.214 e.